The maximum absolute atomic E-state index is 11.7. The van der Waals surface area contributed by atoms with E-state index in [9.17, 15) is 9.90 Å². The standard InChI is InChI=1S/C21H25ClN4O3/c22-15-6-9-18-14(10-15)11-25(21(27)28)12-19-23-24-20(26(18)19)13-4-7-17(8-5-13)29-16-2-1-3-16/h6,9-10,13,16-17H,1-5,7-8,11-12H2,(H,27,28). The number of amides is 1. The molecule has 0 radical (unpaired) electrons. The lowest BCUT2D eigenvalue weighted by atomic mass is 9.86. The highest BCUT2D eigenvalue weighted by Crippen LogP contribution is 2.38. The average Bonchev–Trinajstić information content (AvgIpc) is 3.01. The number of hydrogen-bond acceptors (Lipinski definition) is 4. The van der Waals surface area contributed by atoms with Crippen LogP contribution in [0.5, 0.6) is 0 Å². The summed E-state index contributed by atoms with van der Waals surface area (Å²) in [6.07, 6.45) is 7.67. The lowest BCUT2D eigenvalue weighted by Gasteiger charge is -2.34. The second kappa shape index (κ2) is 7.61. The largest absolute Gasteiger partial charge is 0.465 e. The molecule has 154 valence electrons. The first-order chi connectivity index (χ1) is 14.1. The third-order valence-electron chi connectivity index (χ3n) is 6.48. The second-order valence-corrected chi connectivity index (χ2v) is 8.82. The highest BCUT2D eigenvalue weighted by molar-refractivity contribution is 6.30. The maximum Gasteiger partial charge on any atom is 0.408 e. The third-order valence-corrected chi connectivity index (χ3v) is 6.71. The number of carboxylic acid groups (broad SMARTS) is 1. The second-order valence-electron chi connectivity index (χ2n) is 8.38. The molecular weight excluding hydrogens is 392 g/mol. The van der Waals surface area contributed by atoms with Gasteiger partial charge in [0.05, 0.1) is 31.0 Å². The van der Waals surface area contributed by atoms with Crippen LogP contribution >= 0.6 is 11.6 Å². The Bertz CT molecular complexity index is 919. The summed E-state index contributed by atoms with van der Waals surface area (Å²) in [5, 5.41) is 19.1. The Morgan fingerprint density at radius 3 is 2.52 bits per heavy atom. The number of benzene rings is 1. The number of nitrogens with zero attached hydrogens (tertiary/aromatic N) is 4. The van der Waals surface area contributed by atoms with Gasteiger partial charge in [0.25, 0.3) is 0 Å². The zero-order chi connectivity index (χ0) is 20.0. The monoisotopic (exact) mass is 416 g/mol. The van der Waals surface area contributed by atoms with Gasteiger partial charge in [0.2, 0.25) is 0 Å². The minimum Gasteiger partial charge on any atom is -0.465 e. The normalized spacial score (nSPS) is 24.4. The van der Waals surface area contributed by atoms with Crippen LogP contribution in [0.15, 0.2) is 18.2 Å². The van der Waals surface area contributed by atoms with Crippen molar-refractivity contribution in [1.82, 2.24) is 19.7 Å². The fourth-order valence-electron chi connectivity index (χ4n) is 4.66. The minimum absolute atomic E-state index is 0.217. The Morgan fingerprint density at radius 1 is 1.07 bits per heavy atom. The molecule has 0 saturated heterocycles. The van der Waals surface area contributed by atoms with Gasteiger partial charge in [0.15, 0.2) is 5.82 Å². The quantitative estimate of drug-likeness (QED) is 0.796. The van der Waals surface area contributed by atoms with Crippen LogP contribution in [-0.4, -0.2) is 43.1 Å². The van der Waals surface area contributed by atoms with E-state index in [-0.39, 0.29) is 13.1 Å². The third kappa shape index (κ3) is 3.62. The van der Waals surface area contributed by atoms with Gasteiger partial charge in [-0.15, -0.1) is 10.2 Å². The summed E-state index contributed by atoms with van der Waals surface area (Å²) < 4.78 is 8.27. The fraction of sp³-hybridized carbons (Fsp3) is 0.571. The number of carbonyl (C=O) groups is 1. The van der Waals surface area contributed by atoms with Gasteiger partial charge in [-0.05, 0) is 68.7 Å². The van der Waals surface area contributed by atoms with E-state index in [1.807, 2.05) is 18.2 Å². The van der Waals surface area contributed by atoms with Gasteiger partial charge in [-0.1, -0.05) is 11.6 Å². The molecule has 29 heavy (non-hydrogen) atoms. The Kier molecular flexibility index (Phi) is 4.95. The summed E-state index contributed by atoms with van der Waals surface area (Å²) in [6.45, 7) is 0.505. The predicted molar refractivity (Wildman–Crippen MR) is 107 cm³/mol. The van der Waals surface area contributed by atoms with Gasteiger partial charge >= 0.3 is 6.09 Å². The van der Waals surface area contributed by atoms with Crippen LogP contribution in [0.1, 0.15) is 68.1 Å². The lowest BCUT2D eigenvalue weighted by molar-refractivity contribution is -0.0666. The van der Waals surface area contributed by atoms with Crippen LogP contribution in [0.4, 0.5) is 4.79 Å². The molecule has 3 aliphatic rings. The lowest BCUT2D eigenvalue weighted by Crippen LogP contribution is -2.30. The molecule has 0 unspecified atom stereocenters. The molecule has 7 nitrogen and oxygen atoms in total. The van der Waals surface area contributed by atoms with Crippen molar-refractivity contribution in [3.63, 3.8) is 0 Å². The summed E-state index contributed by atoms with van der Waals surface area (Å²) in [6, 6.07) is 5.63. The van der Waals surface area contributed by atoms with Crippen molar-refractivity contribution in [1.29, 1.82) is 0 Å². The molecule has 2 aromatic rings. The molecule has 2 saturated carbocycles. The highest BCUT2D eigenvalue weighted by atomic mass is 35.5. The molecule has 2 fully saturated rings. The Labute approximate surface area is 174 Å². The number of rotatable bonds is 3. The smallest absolute Gasteiger partial charge is 0.408 e. The van der Waals surface area contributed by atoms with Crippen molar-refractivity contribution in [2.24, 2.45) is 0 Å². The van der Waals surface area contributed by atoms with Gasteiger partial charge in [-0.2, -0.15) is 0 Å². The molecule has 1 aromatic carbocycles. The summed E-state index contributed by atoms with van der Waals surface area (Å²) in [4.78, 5) is 13.1. The molecule has 0 spiro atoms. The van der Waals surface area contributed by atoms with Crippen molar-refractivity contribution in [2.75, 3.05) is 0 Å². The Balaban J connectivity index is 1.43. The van der Waals surface area contributed by atoms with Crippen LogP contribution in [-0.2, 0) is 17.8 Å². The van der Waals surface area contributed by atoms with Gasteiger partial charge in [0.1, 0.15) is 5.82 Å². The van der Waals surface area contributed by atoms with E-state index in [0.717, 1.165) is 42.8 Å². The van der Waals surface area contributed by atoms with Crippen molar-refractivity contribution in [3.05, 3.63) is 40.4 Å². The summed E-state index contributed by atoms with van der Waals surface area (Å²) >= 11 is 6.20. The van der Waals surface area contributed by atoms with Crippen LogP contribution in [0.25, 0.3) is 5.69 Å². The topological polar surface area (TPSA) is 80.5 Å². The van der Waals surface area contributed by atoms with E-state index in [4.69, 9.17) is 16.3 Å². The van der Waals surface area contributed by atoms with Crippen molar-refractivity contribution in [3.8, 4) is 5.69 Å². The van der Waals surface area contributed by atoms with Crippen LogP contribution < -0.4 is 0 Å². The van der Waals surface area contributed by atoms with Crippen molar-refractivity contribution in [2.45, 2.75) is 76.2 Å². The minimum atomic E-state index is -0.970. The fourth-order valence-corrected chi connectivity index (χ4v) is 4.86. The molecule has 0 atom stereocenters. The van der Waals surface area contributed by atoms with E-state index in [1.54, 1.807) is 0 Å². The molecule has 0 bridgehead atoms. The van der Waals surface area contributed by atoms with Crippen molar-refractivity contribution < 1.29 is 14.6 Å². The molecule has 1 N–H and O–H groups in total. The zero-order valence-electron chi connectivity index (χ0n) is 16.3. The van der Waals surface area contributed by atoms with Crippen molar-refractivity contribution >= 4 is 17.7 Å². The molecule has 1 amide bonds. The first-order valence-electron chi connectivity index (χ1n) is 10.4. The highest BCUT2D eigenvalue weighted by Gasteiger charge is 2.33. The number of fused-ring (bicyclic) bond motifs is 3. The van der Waals surface area contributed by atoms with Crippen LogP contribution in [0.3, 0.4) is 0 Å². The predicted octanol–water partition coefficient (Wildman–Crippen LogP) is 4.51. The average molecular weight is 417 g/mol. The Morgan fingerprint density at radius 2 is 1.83 bits per heavy atom. The Hall–Kier alpha value is -2.12. The molecule has 5 rings (SSSR count). The first-order valence-corrected chi connectivity index (χ1v) is 10.8. The molecule has 2 aliphatic carbocycles. The van der Waals surface area contributed by atoms with Gasteiger partial charge in [0, 0.05) is 10.9 Å². The van der Waals surface area contributed by atoms with E-state index < -0.39 is 6.09 Å². The van der Waals surface area contributed by atoms with Gasteiger partial charge < -0.3 is 9.84 Å². The number of halogens is 1. The zero-order valence-corrected chi connectivity index (χ0v) is 17.0. The molecule has 1 aromatic heterocycles. The first kappa shape index (κ1) is 18.9. The summed E-state index contributed by atoms with van der Waals surface area (Å²) in [5.41, 5.74) is 1.81. The SMILES string of the molecule is O=C(O)N1Cc2cc(Cl)ccc2-n2c(nnc2C2CCC(OC3CCC3)CC2)C1. The van der Waals surface area contributed by atoms with E-state index in [1.165, 1.54) is 24.2 Å². The summed E-state index contributed by atoms with van der Waals surface area (Å²) in [5.74, 6) is 1.90. The molecule has 2 heterocycles. The maximum atomic E-state index is 11.7. The molecule has 8 heteroatoms. The summed E-state index contributed by atoms with van der Waals surface area (Å²) in [7, 11) is 0. The van der Waals surface area contributed by atoms with Crippen LogP contribution in [0, 0.1) is 0 Å². The van der Waals surface area contributed by atoms with E-state index in [0.29, 0.717) is 29.0 Å². The van der Waals surface area contributed by atoms with E-state index >= 15 is 0 Å². The number of hydrogen-bond donors (Lipinski definition) is 1. The number of ether oxygens (including phenoxy) is 1. The molecule has 1 aliphatic heterocycles. The van der Waals surface area contributed by atoms with Gasteiger partial charge in [-0.25, -0.2) is 4.79 Å². The van der Waals surface area contributed by atoms with Gasteiger partial charge in [-0.3, -0.25) is 9.47 Å². The molecular formula is C21H25ClN4O3. The van der Waals surface area contributed by atoms with E-state index in [2.05, 4.69) is 14.8 Å². The van der Waals surface area contributed by atoms with Crippen LogP contribution in [0.2, 0.25) is 5.02 Å². The number of aromatic nitrogens is 3.